The summed E-state index contributed by atoms with van der Waals surface area (Å²) in [6.07, 6.45) is 1.08. The Morgan fingerprint density at radius 3 is 2.52 bits per heavy atom. The molecule has 9 heteroatoms. The number of nitrogens with zero attached hydrogens (tertiary/aromatic N) is 1. The van der Waals surface area contributed by atoms with Gasteiger partial charge in [0, 0.05) is 31.0 Å². The number of hydrogen-bond donors (Lipinski definition) is 2. The maximum Gasteiger partial charge on any atom is 0.292 e. The van der Waals surface area contributed by atoms with E-state index in [1.165, 1.54) is 25.2 Å². The zero-order chi connectivity index (χ0) is 16.2. The minimum absolute atomic E-state index is 0.109. The third-order valence-corrected chi connectivity index (χ3v) is 3.74. The molecule has 0 heterocycles. The van der Waals surface area contributed by atoms with Crippen LogP contribution in [0.25, 0.3) is 0 Å². The standard InChI is InChI=1S/C12H17N3O5S/c1-8(7-21(3,19)20)14-10-6-9(12(16)13-2)4-5-11(10)15(17)18/h4-6,8,14H,7H2,1-3H3,(H,13,16). The van der Waals surface area contributed by atoms with E-state index in [0.29, 0.717) is 0 Å². The van der Waals surface area contributed by atoms with Crippen molar-refractivity contribution in [2.45, 2.75) is 13.0 Å². The molecule has 1 atom stereocenters. The van der Waals surface area contributed by atoms with Crippen molar-refractivity contribution in [3.8, 4) is 0 Å². The van der Waals surface area contributed by atoms with Crippen LogP contribution in [0.3, 0.4) is 0 Å². The van der Waals surface area contributed by atoms with Gasteiger partial charge in [0.15, 0.2) is 0 Å². The fourth-order valence-corrected chi connectivity index (χ4v) is 2.85. The lowest BCUT2D eigenvalue weighted by Gasteiger charge is -2.15. The third kappa shape index (κ3) is 5.03. The summed E-state index contributed by atoms with van der Waals surface area (Å²) in [4.78, 5) is 21.9. The quantitative estimate of drug-likeness (QED) is 0.592. The highest BCUT2D eigenvalue weighted by Crippen LogP contribution is 2.26. The van der Waals surface area contributed by atoms with E-state index >= 15 is 0 Å². The van der Waals surface area contributed by atoms with Gasteiger partial charge in [-0.1, -0.05) is 0 Å². The van der Waals surface area contributed by atoms with Crippen LogP contribution in [-0.4, -0.2) is 44.3 Å². The predicted molar refractivity (Wildman–Crippen MR) is 79.3 cm³/mol. The van der Waals surface area contributed by atoms with Crippen LogP contribution in [0, 0.1) is 10.1 Å². The Morgan fingerprint density at radius 1 is 1.43 bits per heavy atom. The highest BCUT2D eigenvalue weighted by Gasteiger charge is 2.19. The molecule has 0 spiro atoms. The maximum absolute atomic E-state index is 11.6. The molecule has 0 aliphatic heterocycles. The van der Waals surface area contributed by atoms with Gasteiger partial charge in [0.25, 0.3) is 11.6 Å². The highest BCUT2D eigenvalue weighted by molar-refractivity contribution is 7.90. The SMILES string of the molecule is CNC(=O)c1ccc([N+](=O)[O-])c(NC(C)CS(C)(=O)=O)c1. The first-order chi connectivity index (χ1) is 9.64. The monoisotopic (exact) mass is 315 g/mol. The zero-order valence-electron chi connectivity index (χ0n) is 11.9. The lowest BCUT2D eigenvalue weighted by atomic mass is 10.1. The lowest BCUT2D eigenvalue weighted by molar-refractivity contribution is -0.384. The molecule has 1 rings (SSSR count). The molecule has 2 N–H and O–H groups in total. The first kappa shape index (κ1) is 16.9. The van der Waals surface area contributed by atoms with Gasteiger partial charge in [-0.15, -0.1) is 0 Å². The number of sulfone groups is 1. The minimum Gasteiger partial charge on any atom is -0.376 e. The van der Waals surface area contributed by atoms with Crippen molar-refractivity contribution in [2.24, 2.45) is 0 Å². The average Bonchev–Trinajstić information content (AvgIpc) is 2.34. The number of carbonyl (C=O) groups excluding carboxylic acids is 1. The number of amides is 1. The van der Waals surface area contributed by atoms with E-state index in [-0.39, 0.29) is 28.6 Å². The van der Waals surface area contributed by atoms with Crippen molar-refractivity contribution in [2.75, 3.05) is 24.4 Å². The van der Waals surface area contributed by atoms with Gasteiger partial charge in [0.1, 0.15) is 15.5 Å². The van der Waals surface area contributed by atoms with E-state index in [1.54, 1.807) is 6.92 Å². The van der Waals surface area contributed by atoms with Gasteiger partial charge < -0.3 is 10.6 Å². The summed E-state index contributed by atoms with van der Waals surface area (Å²) in [5.41, 5.74) is 0.136. The van der Waals surface area contributed by atoms with Gasteiger partial charge in [0.05, 0.1) is 10.7 Å². The van der Waals surface area contributed by atoms with Crippen LogP contribution in [0.4, 0.5) is 11.4 Å². The van der Waals surface area contributed by atoms with Gasteiger partial charge in [-0.05, 0) is 19.1 Å². The average molecular weight is 315 g/mol. The summed E-state index contributed by atoms with van der Waals surface area (Å²) in [5.74, 6) is -0.558. The van der Waals surface area contributed by atoms with Crippen LogP contribution in [0.15, 0.2) is 18.2 Å². The topological polar surface area (TPSA) is 118 Å². The molecule has 21 heavy (non-hydrogen) atoms. The van der Waals surface area contributed by atoms with Crippen LogP contribution in [0.2, 0.25) is 0 Å². The number of nitrogens with one attached hydrogen (secondary N) is 2. The van der Waals surface area contributed by atoms with Crippen LogP contribution < -0.4 is 10.6 Å². The van der Waals surface area contributed by atoms with Crippen molar-refractivity contribution in [3.05, 3.63) is 33.9 Å². The summed E-state index contributed by atoms with van der Waals surface area (Å²) in [7, 11) is -1.77. The maximum atomic E-state index is 11.6. The molecule has 0 aromatic heterocycles. The second kappa shape index (κ2) is 6.53. The van der Waals surface area contributed by atoms with Crippen LogP contribution in [0.1, 0.15) is 17.3 Å². The number of nitro benzene ring substituents is 1. The molecule has 1 aromatic carbocycles. The summed E-state index contributed by atoms with van der Waals surface area (Å²) >= 11 is 0. The second-order valence-electron chi connectivity index (χ2n) is 4.71. The van der Waals surface area contributed by atoms with Crippen LogP contribution in [-0.2, 0) is 9.84 Å². The molecule has 0 saturated carbocycles. The molecule has 1 unspecified atom stereocenters. The van der Waals surface area contributed by atoms with E-state index in [0.717, 1.165) is 6.26 Å². The molecule has 1 aromatic rings. The number of carbonyl (C=O) groups is 1. The number of hydrogen-bond acceptors (Lipinski definition) is 6. The first-order valence-electron chi connectivity index (χ1n) is 6.09. The van der Waals surface area contributed by atoms with E-state index in [2.05, 4.69) is 10.6 Å². The normalized spacial score (nSPS) is 12.5. The Bertz CT molecular complexity index is 657. The summed E-state index contributed by atoms with van der Waals surface area (Å²) in [6.45, 7) is 1.59. The number of nitro groups is 1. The summed E-state index contributed by atoms with van der Waals surface area (Å²) < 4.78 is 22.5. The molecule has 0 radical (unpaired) electrons. The molecule has 0 saturated heterocycles. The lowest BCUT2D eigenvalue weighted by Crippen LogP contribution is -2.26. The molecule has 0 bridgehead atoms. The van der Waals surface area contributed by atoms with Gasteiger partial charge in [-0.2, -0.15) is 0 Å². The van der Waals surface area contributed by atoms with Crippen molar-refractivity contribution >= 4 is 27.1 Å². The van der Waals surface area contributed by atoms with Crippen molar-refractivity contribution in [1.29, 1.82) is 0 Å². The Labute approximate surface area is 122 Å². The van der Waals surface area contributed by atoms with Crippen LogP contribution >= 0.6 is 0 Å². The van der Waals surface area contributed by atoms with Gasteiger partial charge in [0.2, 0.25) is 0 Å². The summed E-state index contributed by atoms with van der Waals surface area (Å²) in [6, 6.07) is 3.35. The van der Waals surface area contributed by atoms with Crippen molar-refractivity contribution in [1.82, 2.24) is 5.32 Å². The number of benzene rings is 1. The molecule has 0 aliphatic rings. The predicted octanol–water partition coefficient (Wildman–Crippen LogP) is 0.799. The second-order valence-corrected chi connectivity index (χ2v) is 6.89. The van der Waals surface area contributed by atoms with E-state index in [9.17, 15) is 23.3 Å². The van der Waals surface area contributed by atoms with E-state index in [1.807, 2.05) is 0 Å². The van der Waals surface area contributed by atoms with E-state index < -0.39 is 20.8 Å². The summed E-state index contributed by atoms with van der Waals surface area (Å²) in [5, 5.41) is 16.2. The van der Waals surface area contributed by atoms with Crippen LogP contribution in [0.5, 0.6) is 0 Å². The molecule has 0 aliphatic carbocycles. The Kier molecular flexibility index (Phi) is 5.25. The van der Waals surface area contributed by atoms with Gasteiger partial charge >= 0.3 is 0 Å². The Hall–Kier alpha value is -2.16. The molecular formula is C12H17N3O5S. The smallest absolute Gasteiger partial charge is 0.292 e. The third-order valence-electron chi connectivity index (χ3n) is 2.64. The Balaban J connectivity index is 3.12. The number of rotatable bonds is 6. The highest BCUT2D eigenvalue weighted by atomic mass is 32.2. The van der Waals surface area contributed by atoms with Crippen molar-refractivity contribution in [3.63, 3.8) is 0 Å². The largest absolute Gasteiger partial charge is 0.376 e. The molecule has 8 nitrogen and oxygen atoms in total. The first-order valence-corrected chi connectivity index (χ1v) is 8.15. The molecule has 0 fully saturated rings. The number of anilines is 1. The Morgan fingerprint density at radius 2 is 2.05 bits per heavy atom. The zero-order valence-corrected chi connectivity index (χ0v) is 12.7. The van der Waals surface area contributed by atoms with E-state index in [4.69, 9.17) is 0 Å². The van der Waals surface area contributed by atoms with Gasteiger partial charge in [-0.3, -0.25) is 14.9 Å². The molecular weight excluding hydrogens is 298 g/mol. The molecule has 116 valence electrons. The molecule has 1 amide bonds. The fourth-order valence-electron chi connectivity index (χ4n) is 1.86. The fraction of sp³-hybridized carbons (Fsp3) is 0.417. The van der Waals surface area contributed by atoms with Crippen molar-refractivity contribution < 1.29 is 18.1 Å². The minimum atomic E-state index is -3.22. The van der Waals surface area contributed by atoms with Gasteiger partial charge in [-0.25, -0.2) is 8.42 Å².